The quantitative estimate of drug-likeness (QED) is 0.874. The number of nitrogens with one attached hydrogen (secondary N) is 1. The third-order valence-electron chi connectivity index (χ3n) is 2.63. The molecule has 0 aliphatic carbocycles. The standard InChI is InChI=1S/C14H21NO3/c1-5-18-14(16)15-9-11-6-7-13(17-4)12(8-11)10(2)3/h6-8,10H,5,9H2,1-4H3,(H,15,16). The Balaban J connectivity index is 2.73. The molecule has 0 aliphatic rings. The molecule has 0 atom stereocenters. The van der Waals surface area contributed by atoms with Crippen molar-refractivity contribution in [1.82, 2.24) is 5.32 Å². The van der Waals surface area contributed by atoms with E-state index in [2.05, 4.69) is 25.2 Å². The maximum atomic E-state index is 11.2. The molecule has 0 saturated carbocycles. The first-order valence-electron chi connectivity index (χ1n) is 6.15. The van der Waals surface area contributed by atoms with Crippen molar-refractivity contribution >= 4 is 6.09 Å². The Kier molecular flexibility index (Phi) is 5.49. The molecule has 0 heterocycles. The maximum absolute atomic E-state index is 11.2. The number of rotatable bonds is 5. The summed E-state index contributed by atoms with van der Waals surface area (Å²) in [5.41, 5.74) is 2.17. The van der Waals surface area contributed by atoms with Gasteiger partial charge in [0, 0.05) is 6.54 Å². The van der Waals surface area contributed by atoms with Crippen LogP contribution in [-0.2, 0) is 11.3 Å². The van der Waals surface area contributed by atoms with Crippen LogP contribution in [0.25, 0.3) is 0 Å². The summed E-state index contributed by atoms with van der Waals surface area (Å²) in [6.07, 6.45) is -0.389. The van der Waals surface area contributed by atoms with Gasteiger partial charge >= 0.3 is 6.09 Å². The van der Waals surface area contributed by atoms with Gasteiger partial charge in [0.25, 0.3) is 0 Å². The van der Waals surface area contributed by atoms with E-state index in [1.807, 2.05) is 12.1 Å². The van der Waals surface area contributed by atoms with Crippen LogP contribution in [0.2, 0.25) is 0 Å². The van der Waals surface area contributed by atoms with E-state index in [0.717, 1.165) is 16.9 Å². The summed E-state index contributed by atoms with van der Waals surface area (Å²) >= 11 is 0. The number of hydrogen-bond acceptors (Lipinski definition) is 3. The van der Waals surface area contributed by atoms with E-state index in [0.29, 0.717) is 19.1 Å². The highest BCUT2D eigenvalue weighted by molar-refractivity contribution is 5.67. The second-order valence-electron chi connectivity index (χ2n) is 4.31. The van der Waals surface area contributed by atoms with E-state index in [1.165, 1.54) is 0 Å². The van der Waals surface area contributed by atoms with Crippen LogP contribution in [0, 0.1) is 0 Å². The fourth-order valence-corrected chi connectivity index (χ4v) is 1.70. The number of carbonyl (C=O) groups is 1. The molecular formula is C14H21NO3. The second kappa shape index (κ2) is 6.89. The fraction of sp³-hybridized carbons (Fsp3) is 0.500. The van der Waals surface area contributed by atoms with Crippen molar-refractivity contribution in [3.8, 4) is 5.75 Å². The molecule has 0 unspecified atom stereocenters. The molecule has 4 nitrogen and oxygen atoms in total. The Morgan fingerprint density at radius 1 is 1.39 bits per heavy atom. The van der Waals surface area contributed by atoms with E-state index in [1.54, 1.807) is 14.0 Å². The largest absolute Gasteiger partial charge is 0.496 e. The third-order valence-corrected chi connectivity index (χ3v) is 2.63. The van der Waals surface area contributed by atoms with Gasteiger partial charge in [-0.2, -0.15) is 0 Å². The van der Waals surface area contributed by atoms with Crippen molar-refractivity contribution in [1.29, 1.82) is 0 Å². The predicted molar refractivity (Wildman–Crippen MR) is 70.9 cm³/mol. The Morgan fingerprint density at radius 3 is 2.67 bits per heavy atom. The molecule has 0 bridgehead atoms. The zero-order valence-corrected chi connectivity index (χ0v) is 11.4. The van der Waals surface area contributed by atoms with Gasteiger partial charge in [0.05, 0.1) is 13.7 Å². The molecule has 100 valence electrons. The number of ether oxygens (including phenoxy) is 2. The highest BCUT2D eigenvalue weighted by Crippen LogP contribution is 2.27. The first-order chi connectivity index (χ1) is 8.58. The zero-order valence-electron chi connectivity index (χ0n) is 11.4. The van der Waals surface area contributed by atoms with Crippen molar-refractivity contribution in [3.63, 3.8) is 0 Å². The molecule has 18 heavy (non-hydrogen) atoms. The lowest BCUT2D eigenvalue weighted by Gasteiger charge is -2.13. The van der Waals surface area contributed by atoms with Crippen LogP contribution in [0.3, 0.4) is 0 Å². The Labute approximate surface area is 108 Å². The van der Waals surface area contributed by atoms with Crippen LogP contribution in [0.5, 0.6) is 5.75 Å². The minimum atomic E-state index is -0.389. The average Bonchev–Trinajstić information content (AvgIpc) is 2.36. The number of benzene rings is 1. The Bertz CT molecular complexity index is 402. The number of hydrogen-bond donors (Lipinski definition) is 1. The third kappa shape index (κ3) is 3.95. The molecule has 0 aromatic heterocycles. The van der Waals surface area contributed by atoms with Gasteiger partial charge in [-0.25, -0.2) is 4.79 Å². The van der Waals surface area contributed by atoms with Crippen molar-refractivity contribution in [2.75, 3.05) is 13.7 Å². The lowest BCUT2D eigenvalue weighted by Crippen LogP contribution is -2.23. The smallest absolute Gasteiger partial charge is 0.407 e. The van der Waals surface area contributed by atoms with Gasteiger partial charge in [0.15, 0.2) is 0 Å². The van der Waals surface area contributed by atoms with Gasteiger partial charge in [-0.1, -0.05) is 26.0 Å². The minimum Gasteiger partial charge on any atom is -0.496 e. The molecular weight excluding hydrogens is 230 g/mol. The fourth-order valence-electron chi connectivity index (χ4n) is 1.70. The molecule has 4 heteroatoms. The van der Waals surface area contributed by atoms with Crippen molar-refractivity contribution in [2.45, 2.75) is 33.2 Å². The van der Waals surface area contributed by atoms with Crippen LogP contribution in [-0.4, -0.2) is 19.8 Å². The van der Waals surface area contributed by atoms with E-state index in [4.69, 9.17) is 9.47 Å². The van der Waals surface area contributed by atoms with Crippen LogP contribution in [0.4, 0.5) is 4.79 Å². The normalized spacial score (nSPS) is 10.3. The van der Waals surface area contributed by atoms with Gasteiger partial charge in [-0.15, -0.1) is 0 Å². The van der Waals surface area contributed by atoms with Gasteiger partial charge < -0.3 is 14.8 Å². The summed E-state index contributed by atoms with van der Waals surface area (Å²) in [4.78, 5) is 11.2. The van der Waals surface area contributed by atoms with Crippen molar-refractivity contribution in [3.05, 3.63) is 29.3 Å². The highest BCUT2D eigenvalue weighted by atomic mass is 16.5. The van der Waals surface area contributed by atoms with Crippen LogP contribution in [0.15, 0.2) is 18.2 Å². The summed E-state index contributed by atoms with van der Waals surface area (Å²) in [6, 6.07) is 5.92. The summed E-state index contributed by atoms with van der Waals surface area (Å²) in [6.45, 7) is 6.85. The van der Waals surface area contributed by atoms with Gasteiger partial charge in [0.1, 0.15) is 5.75 Å². The van der Waals surface area contributed by atoms with Gasteiger partial charge in [-0.3, -0.25) is 0 Å². The number of methoxy groups -OCH3 is 1. The molecule has 1 N–H and O–H groups in total. The second-order valence-corrected chi connectivity index (χ2v) is 4.31. The lowest BCUT2D eigenvalue weighted by atomic mass is 9.99. The molecule has 1 aromatic carbocycles. The number of amides is 1. The molecule has 0 fully saturated rings. The monoisotopic (exact) mass is 251 g/mol. The number of alkyl carbamates (subject to hydrolysis) is 1. The van der Waals surface area contributed by atoms with E-state index < -0.39 is 0 Å². The molecule has 1 aromatic rings. The van der Waals surface area contributed by atoms with E-state index in [9.17, 15) is 4.79 Å². The van der Waals surface area contributed by atoms with Crippen LogP contribution >= 0.6 is 0 Å². The van der Waals surface area contributed by atoms with E-state index in [-0.39, 0.29) is 6.09 Å². The Hall–Kier alpha value is -1.71. The first-order valence-corrected chi connectivity index (χ1v) is 6.15. The molecule has 0 saturated heterocycles. The summed E-state index contributed by atoms with van der Waals surface area (Å²) < 4.78 is 10.1. The maximum Gasteiger partial charge on any atom is 0.407 e. The van der Waals surface area contributed by atoms with Crippen molar-refractivity contribution < 1.29 is 14.3 Å². The lowest BCUT2D eigenvalue weighted by molar-refractivity contribution is 0.151. The molecule has 0 spiro atoms. The number of carbonyl (C=O) groups excluding carboxylic acids is 1. The molecule has 0 radical (unpaired) electrons. The zero-order chi connectivity index (χ0) is 13.5. The van der Waals surface area contributed by atoms with Crippen LogP contribution in [0.1, 0.15) is 37.8 Å². The van der Waals surface area contributed by atoms with Gasteiger partial charge in [-0.05, 0) is 30.0 Å². The molecule has 1 amide bonds. The van der Waals surface area contributed by atoms with E-state index >= 15 is 0 Å². The SMILES string of the molecule is CCOC(=O)NCc1ccc(OC)c(C(C)C)c1. The van der Waals surface area contributed by atoms with Gasteiger partial charge in [0.2, 0.25) is 0 Å². The summed E-state index contributed by atoms with van der Waals surface area (Å²) in [7, 11) is 1.66. The Morgan fingerprint density at radius 2 is 2.11 bits per heavy atom. The average molecular weight is 251 g/mol. The summed E-state index contributed by atoms with van der Waals surface area (Å²) in [5.74, 6) is 1.26. The minimum absolute atomic E-state index is 0.377. The molecule has 0 aliphatic heterocycles. The summed E-state index contributed by atoms with van der Waals surface area (Å²) in [5, 5.41) is 2.70. The first kappa shape index (κ1) is 14.4. The van der Waals surface area contributed by atoms with Crippen LogP contribution < -0.4 is 10.1 Å². The predicted octanol–water partition coefficient (Wildman–Crippen LogP) is 3.06. The topological polar surface area (TPSA) is 47.6 Å². The van der Waals surface area contributed by atoms with Crippen molar-refractivity contribution in [2.24, 2.45) is 0 Å². The highest BCUT2D eigenvalue weighted by Gasteiger charge is 2.09. The molecule has 1 rings (SSSR count).